The van der Waals surface area contributed by atoms with E-state index < -0.39 is 0 Å². The van der Waals surface area contributed by atoms with Crippen LogP contribution < -0.4 is 16.0 Å². The van der Waals surface area contributed by atoms with Crippen LogP contribution in [-0.2, 0) is 14.3 Å². The lowest BCUT2D eigenvalue weighted by atomic mass is 9.86. The maximum Gasteiger partial charge on any atom is 0.320 e. The largest absolute Gasteiger partial charge is 0.465 e. The molecule has 3 rings (SSSR count). The number of ether oxygens (including phenoxy) is 1. The standard InChI is InChI=1S/C24H38N6O3/c1-3-33-23(32)17-28-11-10-21(19(16-28)6-9-22(31)27-2)30-14-12-29(13-15-30)20-7-4-18(5-8-20)24(25)26/h4-5,7-8,19,21H,3,6,9-17H2,1-2H3,(H3,25,26)(H,27,31). The number of likely N-dealkylation sites (tertiary alicyclic amines) is 1. The Morgan fingerprint density at radius 2 is 1.85 bits per heavy atom. The molecule has 2 saturated heterocycles. The number of rotatable bonds is 9. The van der Waals surface area contributed by atoms with Crippen molar-refractivity contribution in [1.29, 1.82) is 5.41 Å². The number of piperidine rings is 1. The van der Waals surface area contributed by atoms with Crippen LogP contribution in [0.25, 0.3) is 0 Å². The summed E-state index contributed by atoms with van der Waals surface area (Å²) in [6, 6.07) is 8.28. The number of piperazine rings is 1. The highest BCUT2D eigenvalue weighted by Crippen LogP contribution is 2.28. The number of carbonyl (C=O) groups excluding carboxylic acids is 2. The highest BCUT2D eigenvalue weighted by molar-refractivity contribution is 5.95. The normalized spacial score (nSPS) is 22.1. The van der Waals surface area contributed by atoms with Crippen LogP contribution in [-0.4, -0.2) is 93.0 Å². The molecule has 2 atom stereocenters. The molecule has 9 heteroatoms. The summed E-state index contributed by atoms with van der Waals surface area (Å²) in [5.74, 6) is 0.316. The summed E-state index contributed by atoms with van der Waals surface area (Å²) in [5.41, 5.74) is 7.46. The molecule has 9 nitrogen and oxygen atoms in total. The number of nitrogens with zero attached hydrogens (tertiary/aromatic N) is 3. The Morgan fingerprint density at radius 3 is 2.45 bits per heavy atom. The van der Waals surface area contributed by atoms with Gasteiger partial charge in [0.25, 0.3) is 0 Å². The fraction of sp³-hybridized carbons (Fsp3) is 0.625. The van der Waals surface area contributed by atoms with Crippen molar-refractivity contribution in [2.75, 3.05) is 64.4 Å². The van der Waals surface area contributed by atoms with Crippen LogP contribution in [0.2, 0.25) is 0 Å². The number of nitrogen functional groups attached to an aromatic ring is 1. The summed E-state index contributed by atoms with van der Waals surface area (Å²) in [6.45, 7) is 8.03. The number of esters is 1. The van der Waals surface area contributed by atoms with Crippen LogP contribution in [0.1, 0.15) is 31.7 Å². The van der Waals surface area contributed by atoms with Crippen molar-refractivity contribution in [2.24, 2.45) is 11.7 Å². The van der Waals surface area contributed by atoms with Crippen molar-refractivity contribution in [3.05, 3.63) is 29.8 Å². The van der Waals surface area contributed by atoms with Gasteiger partial charge in [-0.25, -0.2) is 0 Å². The van der Waals surface area contributed by atoms with Gasteiger partial charge < -0.3 is 20.7 Å². The van der Waals surface area contributed by atoms with E-state index in [9.17, 15) is 9.59 Å². The first-order valence-corrected chi connectivity index (χ1v) is 11.9. The van der Waals surface area contributed by atoms with Gasteiger partial charge in [0.2, 0.25) is 5.91 Å². The molecule has 1 aromatic rings. The molecule has 0 aliphatic carbocycles. The Hall–Kier alpha value is -2.65. The molecule has 0 spiro atoms. The number of anilines is 1. The Bertz CT molecular complexity index is 807. The maximum atomic E-state index is 12.0. The second-order valence-corrected chi connectivity index (χ2v) is 8.85. The Morgan fingerprint density at radius 1 is 1.15 bits per heavy atom. The summed E-state index contributed by atoms with van der Waals surface area (Å²) < 4.78 is 5.13. The molecule has 33 heavy (non-hydrogen) atoms. The van der Waals surface area contributed by atoms with Gasteiger partial charge in [-0.1, -0.05) is 0 Å². The van der Waals surface area contributed by atoms with E-state index in [1.807, 2.05) is 31.2 Å². The molecule has 2 aliphatic rings. The van der Waals surface area contributed by atoms with Crippen molar-refractivity contribution >= 4 is 23.4 Å². The smallest absolute Gasteiger partial charge is 0.320 e. The minimum Gasteiger partial charge on any atom is -0.465 e. The highest BCUT2D eigenvalue weighted by atomic mass is 16.5. The molecule has 1 aromatic carbocycles. The first kappa shape index (κ1) is 25.0. The van der Waals surface area contributed by atoms with Gasteiger partial charge in [-0.2, -0.15) is 0 Å². The molecule has 2 fully saturated rings. The van der Waals surface area contributed by atoms with E-state index >= 15 is 0 Å². The zero-order valence-corrected chi connectivity index (χ0v) is 19.9. The number of amidine groups is 1. The van der Waals surface area contributed by atoms with E-state index in [1.165, 1.54) is 0 Å². The molecule has 0 saturated carbocycles. The van der Waals surface area contributed by atoms with Gasteiger partial charge in [0, 0.05) is 70.0 Å². The number of hydrogen-bond acceptors (Lipinski definition) is 7. The molecule has 2 unspecified atom stereocenters. The van der Waals surface area contributed by atoms with Gasteiger partial charge >= 0.3 is 5.97 Å². The maximum absolute atomic E-state index is 12.0. The third-order valence-corrected chi connectivity index (χ3v) is 6.78. The van der Waals surface area contributed by atoms with Gasteiger partial charge in [0.1, 0.15) is 5.84 Å². The van der Waals surface area contributed by atoms with E-state index in [4.69, 9.17) is 15.9 Å². The number of carbonyl (C=O) groups is 2. The van der Waals surface area contributed by atoms with Crippen molar-refractivity contribution in [1.82, 2.24) is 15.1 Å². The monoisotopic (exact) mass is 458 g/mol. The number of benzene rings is 1. The van der Waals surface area contributed by atoms with Crippen LogP contribution in [0.5, 0.6) is 0 Å². The zero-order chi connectivity index (χ0) is 23.8. The van der Waals surface area contributed by atoms with Gasteiger partial charge in [-0.3, -0.25) is 24.8 Å². The van der Waals surface area contributed by atoms with E-state index in [0.29, 0.717) is 31.5 Å². The second kappa shape index (κ2) is 12.0. The van der Waals surface area contributed by atoms with Crippen LogP contribution in [0.3, 0.4) is 0 Å². The fourth-order valence-electron chi connectivity index (χ4n) is 5.00. The summed E-state index contributed by atoms with van der Waals surface area (Å²) in [7, 11) is 1.68. The van der Waals surface area contributed by atoms with Crippen molar-refractivity contribution in [3.8, 4) is 0 Å². The number of nitrogens with two attached hydrogens (primary N) is 1. The minimum atomic E-state index is -0.176. The lowest BCUT2D eigenvalue weighted by Crippen LogP contribution is -2.57. The molecule has 2 aliphatic heterocycles. The van der Waals surface area contributed by atoms with E-state index in [1.54, 1.807) is 7.05 Å². The van der Waals surface area contributed by atoms with Gasteiger partial charge in [-0.05, 0) is 49.9 Å². The Kier molecular flexibility index (Phi) is 9.08. The molecule has 0 radical (unpaired) electrons. The summed E-state index contributed by atoms with van der Waals surface area (Å²) in [4.78, 5) is 31.0. The summed E-state index contributed by atoms with van der Waals surface area (Å²) >= 11 is 0. The molecule has 4 N–H and O–H groups in total. The average Bonchev–Trinajstić information content (AvgIpc) is 2.83. The molecular formula is C24H38N6O3. The molecular weight excluding hydrogens is 420 g/mol. The molecule has 0 aromatic heterocycles. The molecule has 2 heterocycles. The van der Waals surface area contributed by atoms with Crippen LogP contribution in [0.15, 0.2) is 24.3 Å². The highest BCUT2D eigenvalue weighted by Gasteiger charge is 2.35. The number of hydrogen-bond donors (Lipinski definition) is 3. The van der Waals surface area contributed by atoms with Crippen LogP contribution in [0, 0.1) is 11.3 Å². The average molecular weight is 459 g/mol. The Labute approximate surface area is 196 Å². The van der Waals surface area contributed by atoms with Crippen molar-refractivity contribution in [3.63, 3.8) is 0 Å². The molecule has 0 bridgehead atoms. The second-order valence-electron chi connectivity index (χ2n) is 8.85. The van der Waals surface area contributed by atoms with E-state index in [-0.39, 0.29) is 17.7 Å². The first-order chi connectivity index (χ1) is 15.9. The topological polar surface area (TPSA) is 115 Å². The fourth-order valence-corrected chi connectivity index (χ4v) is 5.00. The predicted octanol–water partition coefficient (Wildman–Crippen LogP) is 0.872. The SMILES string of the molecule is CCOC(=O)CN1CCC(N2CCN(c3ccc(C(=N)N)cc3)CC2)C(CCC(=O)NC)C1. The lowest BCUT2D eigenvalue weighted by Gasteiger charge is -2.47. The first-order valence-electron chi connectivity index (χ1n) is 11.9. The number of amides is 1. The minimum absolute atomic E-state index is 0.0649. The van der Waals surface area contributed by atoms with E-state index in [0.717, 1.165) is 63.4 Å². The van der Waals surface area contributed by atoms with Crippen LogP contribution >= 0.6 is 0 Å². The third-order valence-electron chi connectivity index (χ3n) is 6.78. The lowest BCUT2D eigenvalue weighted by molar-refractivity contribution is -0.145. The molecule has 1 amide bonds. The summed E-state index contributed by atoms with van der Waals surface area (Å²) in [6.07, 6.45) is 2.31. The summed E-state index contributed by atoms with van der Waals surface area (Å²) in [5, 5.41) is 10.3. The van der Waals surface area contributed by atoms with E-state index in [2.05, 4.69) is 20.0 Å². The van der Waals surface area contributed by atoms with Gasteiger partial charge in [0.05, 0.1) is 13.2 Å². The van der Waals surface area contributed by atoms with Crippen molar-refractivity contribution in [2.45, 2.75) is 32.2 Å². The predicted molar refractivity (Wildman–Crippen MR) is 130 cm³/mol. The Balaban J connectivity index is 1.59. The zero-order valence-electron chi connectivity index (χ0n) is 19.9. The van der Waals surface area contributed by atoms with Crippen molar-refractivity contribution < 1.29 is 14.3 Å². The van der Waals surface area contributed by atoms with Gasteiger partial charge in [0.15, 0.2) is 0 Å². The number of nitrogens with one attached hydrogen (secondary N) is 2. The molecule has 182 valence electrons. The quantitative estimate of drug-likeness (QED) is 0.286. The van der Waals surface area contributed by atoms with Crippen LogP contribution in [0.4, 0.5) is 5.69 Å². The van der Waals surface area contributed by atoms with Gasteiger partial charge in [-0.15, -0.1) is 0 Å². The third kappa shape index (κ3) is 6.91.